The maximum atomic E-state index is 6.00. The Hall–Kier alpha value is -2.41. The van der Waals surface area contributed by atoms with E-state index in [4.69, 9.17) is 10.7 Å². The Kier molecular flexibility index (Phi) is 3.49. The first-order valence-corrected chi connectivity index (χ1v) is 8.06. The molecule has 3 aromatic heterocycles. The maximum Gasteiger partial charge on any atom is 0.155 e. The molecule has 1 aliphatic rings. The van der Waals surface area contributed by atoms with Crippen molar-refractivity contribution >= 4 is 11.3 Å². The summed E-state index contributed by atoms with van der Waals surface area (Å²) in [5, 5.41) is 8.66. The molecule has 0 saturated carbocycles. The van der Waals surface area contributed by atoms with E-state index in [1.165, 1.54) is 12.8 Å². The Morgan fingerprint density at radius 1 is 1.26 bits per heavy atom. The van der Waals surface area contributed by atoms with Gasteiger partial charge in [0.15, 0.2) is 5.82 Å². The van der Waals surface area contributed by atoms with Crippen molar-refractivity contribution in [2.45, 2.75) is 25.3 Å². The topological polar surface area (TPSA) is 77.3 Å². The van der Waals surface area contributed by atoms with Crippen LogP contribution in [0.5, 0.6) is 0 Å². The molecule has 0 spiro atoms. The molecule has 1 unspecified atom stereocenters. The van der Waals surface area contributed by atoms with Crippen LogP contribution in [0.15, 0.2) is 30.9 Å². The molecule has 0 aliphatic carbocycles. The van der Waals surface area contributed by atoms with E-state index in [2.05, 4.69) is 15.1 Å². The van der Waals surface area contributed by atoms with Gasteiger partial charge in [0.25, 0.3) is 0 Å². The highest BCUT2D eigenvalue weighted by molar-refractivity contribution is 5.73. The standard InChI is InChI=1S/C16H21N7/c1-21-10-12(9-19-21)14-11-23-15(5-6-18-23)16(20-14)22-7-3-2-4-13(22)8-17/h5-6,9-11,13H,2-4,7-8,17H2,1H3. The van der Waals surface area contributed by atoms with Crippen LogP contribution in [0.4, 0.5) is 5.82 Å². The van der Waals surface area contributed by atoms with Crippen LogP contribution in [0.3, 0.4) is 0 Å². The SMILES string of the molecule is Cn1cc(-c2cn3nccc3c(N3CCCCC3CN)n2)cn1. The van der Waals surface area contributed by atoms with Crippen LogP contribution in [0, 0.1) is 0 Å². The van der Waals surface area contributed by atoms with Gasteiger partial charge in [-0.05, 0) is 25.3 Å². The number of nitrogens with two attached hydrogens (primary N) is 1. The lowest BCUT2D eigenvalue weighted by Gasteiger charge is -2.36. The zero-order valence-corrected chi connectivity index (χ0v) is 13.3. The molecule has 1 aliphatic heterocycles. The number of rotatable bonds is 3. The van der Waals surface area contributed by atoms with Crippen LogP contribution in [0.25, 0.3) is 16.8 Å². The molecule has 0 aromatic carbocycles. The molecule has 7 heteroatoms. The van der Waals surface area contributed by atoms with Crippen LogP contribution in [-0.4, -0.2) is 43.5 Å². The molecule has 0 amide bonds. The predicted molar refractivity (Wildman–Crippen MR) is 89.2 cm³/mol. The highest BCUT2D eigenvalue weighted by atomic mass is 15.3. The molecule has 23 heavy (non-hydrogen) atoms. The van der Waals surface area contributed by atoms with Crippen LogP contribution in [0.1, 0.15) is 19.3 Å². The lowest BCUT2D eigenvalue weighted by atomic mass is 10.0. The minimum Gasteiger partial charge on any atom is -0.351 e. The molecule has 1 atom stereocenters. The summed E-state index contributed by atoms with van der Waals surface area (Å²) < 4.78 is 3.68. The third kappa shape index (κ3) is 2.46. The quantitative estimate of drug-likeness (QED) is 0.792. The van der Waals surface area contributed by atoms with E-state index in [-0.39, 0.29) is 0 Å². The molecule has 2 N–H and O–H groups in total. The predicted octanol–water partition coefficient (Wildman–Crippen LogP) is 1.45. The molecule has 7 nitrogen and oxygen atoms in total. The van der Waals surface area contributed by atoms with Gasteiger partial charge in [-0.3, -0.25) is 4.68 Å². The van der Waals surface area contributed by atoms with E-state index < -0.39 is 0 Å². The lowest BCUT2D eigenvalue weighted by molar-refractivity contribution is 0.462. The molecule has 0 radical (unpaired) electrons. The second-order valence-corrected chi connectivity index (χ2v) is 6.09. The van der Waals surface area contributed by atoms with E-state index in [9.17, 15) is 0 Å². The summed E-state index contributed by atoms with van der Waals surface area (Å²) in [4.78, 5) is 7.28. The van der Waals surface area contributed by atoms with Crippen molar-refractivity contribution in [3.63, 3.8) is 0 Å². The summed E-state index contributed by atoms with van der Waals surface area (Å²) in [7, 11) is 1.91. The molecule has 1 saturated heterocycles. The van der Waals surface area contributed by atoms with Crippen LogP contribution >= 0.6 is 0 Å². The number of aryl methyl sites for hydroxylation is 1. The first-order valence-electron chi connectivity index (χ1n) is 8.06. The second-order valence-electron chi connectivity index (χ2n) is 6.09. The molecule has 120 valence electrons. The molecular formula is C16H21N7. The van der Waals surface area contributed by atoms with E-state index in [1.807, 2.05) is 42.4 Å². The summed E-state index contributed by atoms with van der Waals surface area (Å²) in [6.07, 6.45) is 11.1. The number of hydrogen-bond acceptors (Lipinski definition) is 5. The van der Waals surface area contributed by atoms with Gasteiger partial charge in [0.1, 0.15) is 5.52 Å². The summed E-state index contributed by atoms with van der Waals surface area (Å²) in [5.41, 5.74) is 8.90. The number of piperidine rings is 1. The normalized spacial score (nSPS) is 18.7. The van der Waals surface area contributed by atoms with Gasteiger partial charge in [0, 0.05) is 37.9 Å². The Bertz CT molecular complexity index is 819. The van der Waals surface area contributed by atoms with Crippen LogP contribution < -0.4 is 10.6 Å². The largest absolute Gasteiger partial charge is 0.351 e. The average molecular weight is 311 g/mol. The van der Waals surface area contributed by atoms with Crippen molar-refractivity contribution in [1.29, 1.82) is 0 Å². The van der Waals surface area contributed by atoms with Crippen molar-refractivity contribution in [1.82, 2.24) is 24.4 Å². The molecular weight excluding hydrogens is 290 g/mol. The van der Waals surface area contributed by atoms with Gasteiger partial charge in [0.05, 0.1) is 24.3 Å². The van der Waals surface area contributed by atoms with Gasteiger partial charge in [-0.25, -0.2) is 9.50 Å². The Balaban J connectivity index is 1.85. The minimum atomic E-state index is 0.346. The third-order valence-corrected chi connectivity index (χ3v) is 4.54. The minimum absolute atomic E-state index is 0.346. The number of nitrogens with zero attached hydrogens (tertiary/aromatic N) is 6. The summed E-state index contributed by atoms with van der Waals surface area (Å²) >= 11 is 0. The first-order chi connectivity index (χ1) is 11.3. The summed E-state index contributed by atoms with van der Waals surface area (Å²) in [6, 6.07) is 2.36. The van der Waals surface area contributed by atoms with E-state index >= 15 is 0 Å². The van der Waals surface area contributed by atoms with Crippen LogP contribution in [-0.2, 0) is 7.05 Å². The molecule has 1 fully saturated rings. The van der Waals surface area contributed by atoms with Crippen molar-refractivity contribution in [3.8, 4) is 11.3 Å². The zero-order chi connectivity index (χ0) is 15.8. The first kappa shape index (κ1) is 14.2. The fraction of sp³-hybridized carbons (Fsp3) is 0.438. The monoisotopic (exact) mass is 311 g/mol. The van der Waals surface area contributed by atoms with E-state index in [0.29, 0.717) is 12.6 Å². The van der Waals surface area contributed by atoms with Crippen molar-refractivity contribution in [2.75, 3.05) is 18.0 Å². The van der Waals surface area contributed by atoms with Gasteiger partial charge >= 0.3 is 0 Å². The van der Waals surface area contributed by atoms with Gasteiger partial charge in [-0.1, -0.05) is 0 Å². The molecule has 4 rings (SSSR count). The second kappa shape index (κ2) is 5.66. The van der Waals surface area contributed by atoms with Gasteiger partial charge < -0.3 is 10.6 Å². The Morgan fingerprint density at radius 3 is 2.96 bits per heavy atom. The van der Waals surface area contributed by atoms with Gasteiger partial charge in [0.2, 0.25) is 0 Å². The Morgan fingerprint density at radius 2 is 2.17 bits per heavy atom. The number of hydrogen-bond donors (Lipinski definition) is 1. The summed E-state index contributed by atoms with van der Waals surface area (Å²) in [6.45, 7) is 1.64. The third-order valence-electron chi connectivity index (χ3n) is 4.54. The Labute approximate surface area is 134 Å². The van der Waals surface area contributed by atoms with Crippen molar-refractivity contribution in [2.24, 2.45) is 12.8 Å². The smallest absolute Gasteiger partial charge is 0.155 e. The lowest BCUT2D eigenvalue weighted by Crippen LogP contribution is -2.44. The number of anilines is 1. The summed E-state index contributed by atoms with van der Waals surface area (Å²) in [5.74, 6) is 0.971. The van der Waals surface area contributed by atoms with Gasteiger partial charge in [-0.2, -0.15) is 10.2 Å². The maximum absolute atomic E-state index is 6.00. The molecule has 0 bridgehead atoms. The van der Waals surface area contributed by atoms with Gasteiger partial charge in [-0.15, -0.1) is 0 Å². The molecule has 3 aromatic rings. The number of aromatic nitrogens is 5. The van der Waals surface area contributed by atoms with E-state index in [0.717, 1.165) is 35.6 Å². The van der Waals surface area contributed by atoms with Crippen molar-refractivity contribution < 1.29 is 0 Å². The molecule has 4 heterocycles. The van der Waals surface area contributed by atoms with Crippen molar-refractivity contribution in [3.05, 3.63) is 30.9 Å². The average Bonchev–Trinajstić information content (AvgIpc) is 3.22. The fourth-order valence-corrected chi connectivity index (χ4v) is 3.34. The number of fused-ring (bicyclic) bond motifs is 1. The highest BCUT2D eigenvalue weighted by Crippen LogP contribution is 2.29. The zero-order valence-electron chi connectivity index (χ0n) is 13.3. The van der Waals surface area contributed by atoms with E-state index in [1.54, 1.807) is 4.68 Å². The highest BCUT2D eigenvalue weighted by Gasteiger charge is 2.25. The fourth-order valence-electron chi connectivity index (χ4n) is 3.34. The van der Waals surface area contributed by atoms with Crippen LogP contribution in [0.2, 0.25) is 0 Å².